The average Bonchev–Trinajstić information content (AvgIpc) is 3.27. The maximum atomic E-state index is 12.8. The minimum atomic E-state index is -3.85. The predicted molar refractivity (Wildman–Crippen MR) is 136 cm³/mol. The molecule has 178 valence electrons. The topological polar surface area (TPSA) is 116 Å². The van der Waals surface area contributed by atoms with Gasteiger partial charge in [0.1, 0.15) is 5.52 Å². The minimum Gasteiger partial charge on any atom is -0.431 e. The lowest BCUT2D eigenvalue weighted by Crippen LogP contribution is -2.33. The summed E-state index contributed by atoms with van der Waals surface area (Å²) >= 11 is 6.95. The maximum absolute atomic E-state index is 12.8. The predicted octanol–water partition coefficient (Wildman–Crippen LogP) is 5.32. The highest BCUT2D eigenvalue weighted by atomic mass is 35.5. The van der Waals surface area contributed by atoms with E-state index in [0.29, 0.717) is 27.5 Å². The summed E-state index contributed by atoms with van der Waals surface area (Å²) in [5.41, 5.74) is 1.83. The van der Waals surface area contributed by atoms with E-state index in [2.05, 4.69) is 15.8 Å². The minimum absolute atomic E-state index is 0.0210. The summed E-state index contributed by atoms with van der Waals surface area (Å²) < 4.78 is 33.7. The molecule has 0 unspecified atom stereocenters. The van der Waals surface area contributed by atoms with Crippen molar-refractivity contribution in [3.8, 4) is 6.07 Å². The van der Waals surface area contributed by atoms with E-state index >= 15 is 0 Å². The number of aromatic nitrogens is 1. The Bertz CT molecular complexity index is 1480. The first-order chi connectivity index (χ1) is 16.9. The van der Waals surface area contributed by atoms with Crippen molar-refractivity contribution in [1.29, 1.82) is 5.26 Å². The molecule has 0 aliphatic carbocycles. The van der Waals surface area contributed by atoms with Crippen LogP contribution < -0.4 is 9.62 Å². The highest BCUT2D eigenvalue weighted by Gasteiger charge is 2.19. The number of thioether (sulfide) groups is 1. The monoisotopic (exact) mass is 526 g/mol. The molecule has 0 aliphatic heterocycles. The molecule has 11 heteroatoms. The van der Waals surface area contributed by atoms with Gasteiger partial charge in [-0.05, 0) is 54.6 Å². The molecule has 4 aromatic rings. The van der Waals surface area contributed by atoms with Gasteiger partial charge in [-0.15, -0.1) is 0 Å². The second-order valence-corrected chi connectivity index (χ2v) is 10.3. The second-order valence-electron chi connectivity index (χ2n) is 7.30. The number of nitrogens with one attached hydrogen (secondary N) is 1. The molecule has 1 heterocycles. The fraction of sp³-hybridized carbons (Fsp3) is 0.125. The highest BCUT2D eigenvalue weighted by molar-refractivity contribution is 7.99. The van der Waals surface area contributed by atoms with E-state index in [1.807, 2.05) is 18.2 Å². The summed E-state index contributed by atoms with van der Waals surface area (Å²) in [6, 6.07) is 21.8. The molecule has 1 N–H and O–H groups in total. The third-order valence-electron chi connectivity index (χ3n) is 4.88. The van der Waals surface area contributed by atoms with Crippen LogP contribution in [-0.4, -0.2) is 31.6 Å². The lowest BCUT2D eigenvalue weighted by Gasteiger charge is -2.21. The molecule has 0 saturated heterocycles. The van der Waals surface area contributed by atoms with E-state index in [1.165, 1.54) is 18.2 Å². The van der Waals surface area contributed by atoms with Crippen molar-refractivity contribution in [3.05, 3.63) is 77.8 Å². The zero-order valence-corrected chi connectivity index (χ0v) is 20.6. The number of fused-ring (bicyclic) bond motifs is 1. The fourth-order valence-corrected chi connectivity index (χ4v) is 5.13. The second kappa shape index (κ2) is 10.8. The number of halogens is 1. The van der Waals surface area contributed by atoms with Crippen molar-refractivity contribution >= 4 is 61.8 Å². The highest BCUT2D eigenvalue weighted by Crippen LogP contribution is 2.27. The number of oxazole rings is 1. The summed E-state index contributed by atoms with van der Waals surface area (Å²) in [7, 11) is -3.85. The van der Waals surface area contributed by atoms with E-state index in [1.54, 1.807) is 41.3 Å². The molecule has 0 atom stereocenters. The van der Waals surface area contributed by atoms with Gasteiger partial charge in [0.15, 0.2) is 5.58 Å². The Hall–Kier alpha value is -3.52. The fourth-order valence-electron chi connectivity index (χ4n) is 3.22. The van der Waals surface area contributed by atoms with Crippen molar-refractivity contribution < 1.29 is 17.6 Å². The van der Waals surface area contributed by atoms with Gasteiger partial charge >= 0.3 is 0 Å². The van der Waals surface area contributed by atoms with Crippen LogP contribution in [-0.2, 0) is 14.8 Å². The van der Waals surface area contributed by atoms with Gasteiger partial charge in [-0.1, -0.05) is 41.6 Å². The number of amides is 1. The zero-order valence-electron chi connectivity index (χ0n) is 18.2. The number of sulfonamides is 1. The van der Waals surface area contributed by atoms with Crippen LogP contribution in [0.1, 0.15) is 6.42 Å². The SMILES string of the molecule is N#CCCN(C(=O)CSc1nc2cc(S(=O)(=O)Nc3ccc(Cl)cc3)ccc2o1)c1ccccc1. The molecule has 35 heavy (non-hydrogen) atoms. The Morgan fingerprint density at radius 2 is 1.86 bits per heavy atom. The van der Waals surface area contributed by atoms with Gasteiger partial charge in [0.2, 0.25) is 5.91 Å². The van der Waals surface area contributed by atoms with Crippen molar-refractivity contribution in [3.63, 3.8) is 0 Å². The van der Waals surface area contributed by atoms with Crippen LogP contribution in [0.5, 0.6) is 0 Å². The summed E-state index contributed by atoms with van der Waals surface area (Å²) in [5.74, 6) is -0.162. The van der Waals surface area contributed by atoms with E-state index in [9.17, 15) is 13.2 Å². The van der Waals surface area contributed by atoms with Gasteiger partial charge in [-0.3, -0.25) is 9.52 Å². The number of hydrogen-bond acceptors (Lipinski definition) is 7. The van der Waals surface area contributed by atoms with Crippen LogP contribution >= 0.6 is 23.4 Å². The van der Waals surface area contributed by atoms with Crippen LogP contribution in [0, 0.1) is 11.3 Å². The molecule has 1 amide bonds. The van der Waals surface area contributed by atoms with Crippen molar-refractivity contribution in [2.75, 3.05) is 21.9 Å². The maximum Gasteiger partial charge on any atom is 0.261 e. The van der Waals surface area contributed by atoms with Gasteiger partial charge in [-0.25, -0.2) is 13.4 Å². The van der Waals surface area contributed by atoms with Gasteiger partial charge in [0, 0.05) is 22.9 Å². The van der Waals surface area contributed by atoms with Crippen molar-refractivity contribution in [1.82, 2.24) is 4.98 Å². The molecule has 4 rings (SSSR count). The summed E-state index contributed by atoms with van der Waals surface area (Å²) in [6.07, 6.45) is 0.204. The Morgan fingerprint density at radius 3 is 2.57 bits per heavy atom. The molecule has 1 aromatic heterocycles. The van der Waals surface area contributed by atoms with E-state index < -0.39 is 10.0 Å². The largest absolute Gasteiger partial charge is 0.431 e. The van der Waals surface area contributed by atoms with E-state index in [-0.39, 0.29) is 34.7 Å². The Morgan fingerprint density at radius 1 is 1.11 bits per heavy atom. The third-order valence-corrected chi connectivity index (χ3v) is 7.33. The van der Waals surface area contributed by atoms with Gasteiger partial charge < -0.3 is 9.32 Å². The number of hydrogen-bond donors (Lipinski definition) is 1. The molecule has 0 saturated carbocycles. The van der Waals surface area contributed by atoms with Gasteiger partial charge in [-0.2, -0.15) is 5.26 Å². The molecule has 0 bridgehead atoms. The van der Waals surface area contributed by atoms with E-state index in [0.717, 1.165) is 11.8 Å². The average molecular weight is 527 g/mol. The van der Waals surface area contributed by atoms with Crippen LogP contribution in [0.3, 0.4) is 0 Å². The van der Waals surface area contributed by atoms with Crippen LogP contribution in [0.4, 0.5) is 11.4 Å². The Kier molecular flexibility index (Phi) is 7.60. The first-order valence-electron chi connectivity index (χ1n) is 10.4. The molecule has 0 fully saturated rings. The molecular weight excluding hydrogens is 508 g/mol. The molecule has 0 aliphatic rings. The lowest BCUT2D eigenvalue weighted by atomic mass is 10.2. The first-order valence-corrected chi connectivity index (χ1v) is 13.2. The molecule has 3 aromatic carbocycles. The molecular formula is C24H19ClN4O4S2. The molecule has 0 radical (unpaired) electrons. The number of benzene rings is 3. The number of nitriles is 1. The Labute approximate surface area is 211 Å². The van der Waals surface area contributed by atoms with Crippen molar-refractivity contribution in [2.24, 2.45) is 0 Å². The van der Waals surface area contributed by atoms with E-state index in [4.69, 9.17) is 21.3 Å². The van der Waals surface area contributed by atoms with Gasteiger partial charge in [0.25, 0.3) is 15.2 Å². The number of anilines is 2. The lowest BCUT2D eigenvalue weighted by molar-refractivity contribution is -0.116. The number of carbonyl (C=O) groups is 1. The summed E-state index contributed by atoms with van der Waals surface area (Å²) in [4.78, 5) is 18.8. The van der Waals surface area contributed by atoms with Crippen molar-refractivity contribution in [2.45, 2.75) is 16.5 Å². The molecule has 8 nitrogen and oxygen atoms in total. The molecule has 0 spiro atoms. The van der Waals surface area contributed by atoms with Crippen LogP contribution in [0.2, 0.25) is 5.02 Å². The zero-order chi connectivity index (χ0) is 24.8. The quantitative estimate of drug-likeness (QED) is 0.293. The number of nitrogens with zero attached hydrogens (tertiary/aromatic N) is 3. The van der Waals surface area contributed by atoms with Crippen LogP contribution in [0.15, 0.2) is 87.3 Å². The Balaban J connectivity index is 1.47. The standard InChI is InChI=1S/C24H19ClN4O4S2/c25-17-7-9-18(10-8-17)28-35(31,32)20-11-12-22-21(15-20)27-24(33-22)34-16-23(30)29(14-4-13-26)19-5-2-1-3-6-19/h1-3,5-12,15,28H,4,14,16H2. The summed E-state index contributed by atoms with van der Waals surface area (Å²) in [5, 5.41) is 9.67. The normalized spacial score (nSPS) is 11.2. The van der Waals surface area contributed by atoms with Gasteiger partial charge in [0.05, 0.1) is 23.1 Å². The number of rotatable bonds is 9. The third kappa shape index (κ3) is 6.14. The smallest absolute Gasteiger partial charge is 0.261 e. The number of para-hydroxylation sites is 1. The number of carbonyl (C=O) groups excluding carboxylic acids is 1. The first kappa shape index (κ1) is 24.6. The summed E-state index contributed by atoms with van der Waals surface area (Å²) in [6.45, 7) is 0.273. The van der Waals surface area contributed by atoms with Crippen LogP contribution in [0.25, 0.3) is 11.1 Å².